The van der Waals surface area contributed by atoms with Gasteiger partial charge in [0, 0.05) is 49.7 Å². The fraction of sp³-hybridized carbons (Fsp3) is 0.667. The number of ether oxygens (including phenoxy) is 2. The number of aromatic nitrogens is 1. The standard InChI is InChI=1S/C27H40N4O3/c1-22-5-2-12-31(22)13-4-16-33-25-8-6-23(7-9-25)26-29-24(20-34-26)19-27(10-3-11-28-27)21-30-14-17-32-18-15-30/h6-9,20,22,28H,2-5,10-19,21H2,1H3/t22?,27-/m0/s1. The van der Waals surface area contributed by atoms with Crippen molar-refractivity contribution in [2.45, 2.75) is 57.0 Å². The molecule has 1 unspecified atom stereocenters. The molecule has 1 aromatic heterocycles. The number of morpholine rings is 1. The van der Waals surface area contributed by atoms with Crippen LogP contribution in [0.2, 0.25) is 0 Å². The highest BCUT2D eigenvalue weighted by molar-refractivity contribution is 5.54. The average Bonchev–Trinajstić information content (AvgIpc) is 3.61. The third-order valence-corrected chi connectivity index (χ3v) is 7.68. The summed E-state index contributed by atoms with van der Waals surface area (Å²) in [5.74, 6) is 1.59. The first kappa shape index (κ1) is 23.8. The minimum absolute atomic E-state index is 0.0794. The lowest BCUT2D eigenvalue weighted by Crippen LogP contribution is -2.53. The number of benzene rings is 1. The molecule has 1 N–H and O–H groups in total. The van der Waals surface area contributed by atoms with Crippen LogP contribution in [0.1, 0.15) is 44.7 Å². The Morgan fingerprint density at radius 2 is 2.00 bits per heavy atom. The van der Waals surface area contributed by atoms with Gasteiger partial charge in [0.25, 0.3) is 0 Å². The Bertz CT molecular complexity index is 888. The molecule has 0 radical (unpaired) electrons. The van der Waals surface area contributed by atoms with Crippen molar-refractivity contribution in [1.29, 1.82) is 0 Å². The van der Waals surface area contributed by atoms with Gasteiger partial charge in [-0.25, -0.2) is 4.98 Å². The van der Waals surface area contributed by atoms with Crippen LogP contribution < -0.4 is 10.1 Å². The van der Waals surface area contributed by atoms with Crippen molar-refractivity contribution < 1.29 is 13.9 Å². The van der Waals surface area contributed by atoms with Crippen LogP contribution in [-0.4, -0.2) is 85.5 Å². The zero-order chi connectivity index (χ0) is 23.2. The molecule has 7 heteroatoms. The zero-order valence-corrected chi connectivity index (χ0v) is 20.6. The van der Waals surface area contributed by atoms with Crippen LogP contribution in [0, 0.1) is 0 Å². The molecule has 0 bridgehead atoms. The third-order valence-electron chi connectivity index (χ3n) is 7.68. The molecule has 7 nitrogen and oxygen atoms in total. The second-order valence-corrected chi connectivity index (χ2v) is 10.3. The molecule has 3 fully saturated rings. The van der Waals surface area contributed by atoms with Gasteiger partial charge < -0.3 is 24.1 Å². The minimum Gasteiger partial charge on any atom is -0.494 e. The maximum atomic E-state index is 5.97. The predicted molar refractivity (Wildman–Crippen MR) is 133 cm³/mol. The zero-order valence-electron chi connectivity index (χ0n) is 20.6. The first-order chi connectivity index (χ1) is 16.7. The van der Waals surface area contributed by atoms with Gasteiger partial charge in [-0.3, -0.25) is 4.90 Å². The van der Waals surface area contributed by atoms with E-state index >= 15 is 0 Å². The minimum atomic E-state index is 0.0794. The third kappa shape index (κ3) is 6.00. The summed E-state index contributed by atoms with van der Waals surface area (Å²) < 4.78 is 17.4. The molecule has 3 aliphatic rings. The Balaban J connectivity index is 1.13. The molecule has 186 valence electrons. The molecule has 0 saturated carbocycles. The quantitative estimate of drug-likeness (QED) is 0.535. The number of rotatable bonds is 10. The summed E-state index contributed by atoms with van der Waals surface area (Å²) >= 11 is 0. The number of nitrogens with zero attached hydrogens (tertiary/aromatic N) is 3. The van der Waals surface area contributed by atoms with Crippen molar-refractivity contribution in [3.63, 3.8) is 0 Å². The molecular formula is C27H40N4O3. The van der Waals surface area contributed by atoms with Crippen molar-refractivity contribution in [2.24, 2.45) is 0 Å². The largest absolute Gasteiger partial charge is 0.494 e. The molecule has 34 heavy (non-hydrogen) atoms. The summed E-state index contributed by atoms with van der Waals surface area (Å²) in [6, 6.07) is 8.87. The van der Waals surface area contributed by atoms with E-state index in [1.54, 1.807) is 0 Å². The van der Waals surface area contributed by atoms with Gasteiger partial charge in [0.15, 0.2) is 0 Å². The Morgan fingerprint density at radius 1 is 1.15 bits per heavy atom. The lowest BCUT2D eigenvalue weighted by molar-refractivity contribution is 0.0252. The topological polar surface area (TPSA) is 63.0 Å². The van der Waals surface area contributed by atoms with E-state index in [4.69, 9.17) is 18.9 Å². The first-order valence-electron chi connectivity index (χ1n) is 13.2. The number of nitrogens with one attached hydrogen (secondary N) is 1. The molecule has 5 rings (SSSR count). The summed E-state index contributed by atoms with van der Waals surface area (Å²) in [6.45, 7) is 11.3. The van der Waals surface area contributed by atoms with E-state index in [1.165, 1.54) is 32.2 Å². The van der Waals surface area contributed by atoms with E-state index in [9.17, 15) is 0 Å². The SMILES string of the molecule is CC1CCCN1CCCOc1ccc(-c2nc(C[C@]3(CN4CCOCC4)CCCN3)co2)cc1. The maximum absolute atomic E-state index is 5.97. The molecule has 4 heterocycles. The molecular weight excluding hydrogens is 428 g/mol. The lowest BCUT2D eigenvalue weighted by Gasteiger charge is -2.37. The Labute approximate surface area is 203 Å². The van der Waals surface area contributed by atoms with Crippen molar-refractivity contribution in [3.8, 4) is 17.2 Å². The van der Waals surface area contributed by atoms with E-state index in [0.717, 1.165) is 88.4 Å². The maximum Gasteiger partial charge on any atom is 0.226 e. The fourth-order valence-electron chi connectivity index (χ4n) is 5.74. The van der Waals surface area contributed by atoms with Gasteiger partial charge >= 0.3 is 0 Å². The molecule has 0 spiro atoms. The molecule has 2 aromatic rings. The van der Waals surface area contributed by atoms with Gasteiger partial charge in [-0.1, -0.05) is 0 Å². The van der Waals surface area contributed by atoms with Gasteiger partial charge in [-0.2, -0.15) is 0 Å². The van der Waals surface area contributed by atoms with Crippen LogP contribution in [0.15, 0.2) is 34.9 Å². The number of oxazole rings is 1. The Hall–Kier alpha value is -1.93. The number of hydrogen-bond acceptors (Lipinski definition) is 7. The monoisotopic (exact) mass is 468 g/mol. The van der Waals surface area contributed by atoms with Crippen LogP contribution >= 0.6 is 0 Å². The number of likely N-dealkylation sites (tertiary alicyclic amines) is 1. The summed E-state index contributed by atoms with van der Waals surface area (Å²) in [7, 11) is 0. The van der Waals surface area contributed by atoms with Crippen molar-refractivity contribution >= 4 is 0 Å². The fourth-order valence-corrected chi connectivity index (χ4v) is 5.74. The molecule has 0 aliphatic carbocycles. The van der Waals surface area contributed by atoms with Crippen molar-refractivity contribution in [2.75, 3.05) is 59.1 Å². The van der Waals surface area contributed by atoms with Gasteiger partial charge in [0.2, 0.25) is 5.89 Å². The second kappa shape index (κ2) is 11.2. The molecule has 3 saturated heterocycles. The van der Waals surface area contributed by atoms with E-state index in [1.807, 2.05) is 30.5 Å². The Kier molecular flexibility index (Phi) is 7.84. The van der Waals surface area contributed by atoms with Crippen molar-refractivity contribution in [1.82, 2.24) is 20.1 Å². The molecule has 0 amide bonds. The van der Waals surface area contributed by atoms with Gasteiger partial charge in [0.05, 0.1) is 25.5 Å². The van der Waals surface area contributed by atoms with Gasteiger partial charge in [-0.15, -0.1) is 0 Å². The summed E-state index contributed by atoms with van der Waals surface area (Å²) in [5.41, 5.74) is 2.09. The normalized spacial score (nSPS) is 26.3. The highest BCUT2D eigenvalue weighted by Crippen LogP contribution is 2.28. The Morgan fingerprint density at radius 3 is 2.74 bits per heavy atom. The molecule has 1 aromatic carbocycles. The highest BCUT2D eigenvalue weighted by atomic mass is 16.5. The molecule has 3 aliphatic heterocycles. The lowest BCUT2D eigenvalue weighted by atomic mass is 9.91. The van der Waals surface area contributed by atoms with Crippen molar-refractivity contribution in [3.05, 3.63) is 36.2 Å². The summed E-state index contributed by atoms with van der Waals surface area (Å²) in [5, 5.41) is 3.78. The van der Waals surface area contributed by atoms with Crippen LogP contribution in [0.4, 0.5) is 0 Å². The molecule has 2 atom stereocenters. The first-order valence-corrected chi connectivity index (χ1v) is 13.2. The van der Waals surface area contributed by atoms with Crippen LogP contribution in [-0.2, 0) is 11.2 Å². The highest BCUT2D eigenvalue weighted by Gasteiger charge is 2.36. The van der Waals surface area contributed by atoms with E-state index < -0.39 is 0 Å². The average molecular weight is 469 g/mol. The second-order valence-electron chi connectivity index (χ2n) is 10.3. The smallest absolute Gasteiger partial charge is 0.226 e. The summed E-state index contributed by atoms with van der Waals surface area (Å²) in [4.78, 5) is 9.93. The van der Waals surface area contributed by atoms with E-state index in [2.05, 4.69) is 22.0 Å². The van der Waals surface area contributed by atoms with Crippen LogP contribution in [0.5, 0.6) is 5.75 Å². The van der Waals surface area contributed by atoms with E-state index in [-0.39, 0.29) is 5.54 Å². The summed E-state index contributed by atoms with van der Waals surface area (Å²) in [6.07, 6.45) is 8.84. The van der Waals surface area contributed by atoms with Crippen LogP contribution in [0.25, 0.3) is 11.5 Å². The van der Waals surface area contributed by atoms with Gasteiger partial charge in [-0.05, 0) is 76.4 Å². The van der Waals surface area contributed by atoms with E-state index in [0.29, 0.717) is 5.89 Å². The van der Waals surface area contributed by atoms with Crippen LogP contribution in [0.3, 0.4) is 0 Å². The van der Waals surface area contributed by atoms with Gasteiger partial charge in [0.1, 0.15) is 12.0 Å². The number of hydrogen-bond donors (Lipinski definition) is 1. The predicted octanol–water partition coefficient (Wildman–Crippen LogP) is 3.59.